The molecule has 136 valence electrons. The molecule has 1 aliphatic heterocycles. The predicted molar refractivity (Wildman–Crippen MR) is 113 cm³/mol. The van der Waals surface area contributed by atoms with E-state index in [1.165, 1.54) is 21.6 Å². The molecule has 4 heteroatoms. The summed E-state index contributed by atoms with van der Waals surface area (Å²) in [7, 11) is 0. The van der Waals surface area contributed by atoms with Crippen molar-refractivity contribution in [1.82, 2.24) is 5.32 Å². The van der Waals surface area contributed by atoms with E-state index in [0.29, 0.717) is 0 Å². The molecule has 0 atom stereocenters. The summed E-state index contributed by atoms with van der Waals surface area (Å²) in [6, 6.07) is 12.1. The van der Waals surface area contributed by atoms with Crippen molar-refractivity contribution in [1.29, 1.82) is 0 Å². The Hall–Kier alpha value is -2.17. The molecule has 2 aromatic rings. The molecule has 0 aliphatic carbocycles. The van der Waals surface area contributed by atoms with Crippen molar-refractivity contribution < 1.29 is 4.79 Å². The van der Waals surface area contributed by atoms with Gasteiger partial charge in [0.15, 0.2) is 0 Å². The highest BCUT2D eigenvalue weighted by Crippen LogP contribution is 2.28. The number of thiophene rings is 1. The molecule has 0 saturated carbocycles. The van der Waals surface area contributed by atoms with Crippen LogP contribution in [0.5, 0.6) is 0 Å². The van der Waals surface area contributed by atoms with Gasteiger partial charge in [0, 0.05) is 17.1 Å². The van der Waals surface area contributed by atoms with Crippen molar-refractivity contribution in [3.05, 3.63) is 63.9 Å². The number of hydrogen-bond acceptors (Lipinski definition) is 3. The zero-order valence-corrected chi connectivity index (χ0v) is 16.3. The molecule has 3 nitrogen and oxygen atoms in total. The van der Waals surface area contributed by atoms with E-state index in [9.17, 15) is 4.79 Å². The molecule has 0 radical (unpaired) electrons. The highest BCUT2D eigenvalue weighted by atomic mass is 32.1. The Morgan fingerprint density at radius 3 is 2.65 bits per heavy atom. The SMILES string of the molecule is CC/C=C(\CC)c1ccc(NC(=O)c2ccc(C3=CCNCC3)s2)cc1. The van der Waals surface area contributed by atoms with Crippen LogP contribution in [0.1, 0.15) is 53.2 Å². The van der Waals surface area contributed by atoms with Gasteiger partial charge in [-0.2, -0.15) is 0 Å². The van der Waals surface area contributed by atoms with Crippen molar-refractivity contribution in [2.75, 3.05) is 18.4 Å². The molecule has 0 saturated heterocycles. The lowest BCUT2D eigenvalue weighted by molar-refractivity contribution is 0.103. The normalized spacial score (nSPS) is 14.8. The van der Waals surface area contributed by atoms with Crippen LogP contribution >= 0.6 is 11.3 Å². The maximum atomic E-state index is 12.5. The molecule has 1 aromatic heterocycles. The van der Waals surface area contributed by atoms with Gasteiger partial charge in [-0.25, -0.2) is 0 Å². The molecule has 0 bridgehead atoms. The van der Waals surface area contributed by atoms with Crippen molar-refractivity contribution in [3.8, 4) is 0 Å². The maximum Gasteiger partial charge on any atom is 0.265 e. The number of benzene rings is 1. The minimum Gasteiger partial charge on any atom is -0.321 e. The number of carbonyl (C=O) groups excluding carboxylic acids is 1. The first-order valence-electron chi connectivity index (χ1n) is 9.32. The van der Waals surface area contributed by atoms with Crippen molar-refractivity contribution in [2.45, 2.75) is 33.1 Å². The third-order valence-corrected chi connectivity index (χ3v) is 5.71. The Morgan fingerprint density at radius 1 is 1.19 bits per heavy atom. The van der Waals surface area contributed by atoms with Crippen LogP contribution in [0.15, 0.2) is 48.6 Å². The van der Waals surface area contributed by atoms with E-state index in [4.69, 9.17) is 0 Å². The highest BCUT2D eigenvalue weighted by Gasteiger charge is 2.13. The lowest BCUT2D eigenvalue weighted by Crippen LogP contribution is -2.19. The molecule has 26 heavy (non-hydrogen) atoms. The van der Waals surface area contributed by atoms with E-state index in [1.807, 2.05) is 18.2 Å². The van der Waals surface area contributed by atoms with Crippen LogP contribution in [0.4, 0.5) is 5.69 Å². The van der Waals surface area contributed by atoms with E-state index in [2.05, 4.69) is 54.8 Å². The predicted octanol–water partition coefficient (Wildman–Crippen LogP) is 5.58. The molecule has 2 N–H and O–H groups in total. The van der Waals surface area contributed by atoms with Gasteiger partial charge in [0.2, 0.25) is 0 Å². The minimum absolute atomic E-state index is 0.0386. The number of carbonyl (C=O) groups is 1. The van der Waals surface area contributed by atoms with Crippen LogP contribution < -0.4 is 10.6 Å². The van der Waals surface area contributed by atoms with Crippen LogP contribution in [0.3, 0.4) is 0 Å². The number of rotatable bonds is 6. The van der Waals surface area contributed by atoms with Gasteiger partial charge in [-0.3, -0.25) is 4.79 Å². The third kappa shape index (κ3) is 4.51. The highest BCUT2D eigenvalue weighted by molar-refractivity contribution is 7.15. The molecule has 1 amide bonds. The van der Waals surface area contributed by atoms with Crippen LogP contribution in [0.25, 0.3) is 11.1 Å². The molecule has 0 fully saturated rings. The molecular formula is C22H26N2OS. The Kier molecular flexibility index (Phi) is 6.42. The smallest absolute Gasteiger partial charge is 0.265 e. The summed E-state index contributed by atoms with van der Waals surface area (Å²) in [4.78, 5) is 14.5. The van der Waals surface area contributed by atoms with Crippen LogP contribution in [-0.2, 0) is 0 Å². The van der Waals surface area contributed by atoms with Crippen LogP contribution in [-0.4, -0.2) is 19.0 Å². The molecule has 1 aliphatic rings. The average molecular weight is 367 g/mol. The number of hydrogen-bond donors (Lipinski definition) is 2. The average Bonchev–Trinajstić information content (AvgIpc) is 3.18. The van der Waals surface area contributed by atoms with E-state index in [1.54, 1.807) is 11.3 Å². The summed E-state index contributed by atoms with van der Waals surface area (Å²) in [6.07, 6.45) is 7.55. The molecule has 3 rings (SSSR count). The van der Waals surface area contributed by atoms with Gasteiger partial charge < -0.3 is 10.6 Å². The number of anilines is 1. The third-order valence-electron chi connectivity index (χ3n) is 4.56. The van der Waals surface area contributed by atoms with E-state index < -0.39 is 0 Å². The lowest BCUT2D eigenvalue weighted by atomic mass is 10.0. The summed E-state index contributed by atoms with van der Waals surface area (Å²) in [6.45, 7) is 6.24. The van der Waals surface area contributed by atoms with E-state index in [0.717, 1.165) is 42.9 Å². The van der Waals surface area contributed by atoms with Crippen LogP contribution in [0, 0.1) is 0 Å². The molecule has 0 spiro atoms. The van der Waals surface area contributed by atoms with Gasteiger partial charge in [0.25, 0.3) is 5.91 Å². The Labute approximate surface area is 159 Å². The molecule has 2 heterocycles. The Morgan fingerprint density at radius 2 is 2.00 bits per heavy atom. The van der Waals surface area contributed by atoms with Gasteiger partial charge in [0.05, 0.1) is 4.88 Å². The summed E-state index contributed by atoms with van der Waals surface area (Å²) < 4.78 is 0. The summed E-state index contributed by atoms with van der Waals surface area (Å²) >= 11 is 1.57. The quantitative estimate of drug-likeness (QED) is 0.700. The fourth-order valence-corrected chi connectivity index (χ4v) is 4.12. The van der Waals surface area contributed by atoms with Crippen molar-refractivity contribution in [2.24, 2.45) is 0 Å². The van der Waals surface area contributed by atoms with Crippen molar-refractivity contribution in [3.63, 3.8) is 0 Å². The zero-order valence-electron chi connectivity index (χ0n) is 15.5. The first kappa shape index (κ1) is 18.6. The van der Waals surface area contributed by atoms with E-state index >= 15 is 0 Å². The fourth-order valence-electron chi connectivity index (χ4n) is 3.15. The van der Waals surface area contributed by atoms with Gasteiger partial charge in [-0.15, -0.1) is 11.3 Å². The largest absolute Gasteiger partial charge is 0.321 e. The van der Waals surface area contributed by atoms with Gasteiger partial charge in [0.1, 0.15) is 0 Å². The summed E-state index contributed by atoms with van der Waals surface area (Å²) in [5, 5.41) is 6.33. The van der Waals surface area contributed by atoms with Gasteiger partial charge in [-0.1, -0.05) is 38.1 Å². The van der Waals surface area contributed by atoms with E-state index in [-0.39, 0.29) is 5.91 Å². The van der Waals surface area contributed by atoms with Crippen LogP contribution in [0.2, 0.25) is 0 Å². The number of amides is 1. The first-order chi connectivity index (χ1) is 12.7. The maximum absolute atomic E-state index is 12.5. The lowest BCUT2D eigenvalue weighted by Gasteiger charge is -2.12. The topological polar surface area (TPSA) is 41.1 Å². The first-order valence-corrected chi connectivity index (χ1v) is 10.1. The summed E-state index contributed by atoms with van der Waals surface area (Å²) in [5.41, 5.74) is 4.75. The monoisotopic (exact) mass is 366 g/mol. The fraction of sp³-hybridized carbons (Fsp3) is 0.318. The number of nitrogens with one attached hydrogen (secondary N) is 2. The number of allylic oxidation sites excluding steroid dienone is 2. The Balaban J connectivity index is 1.67. The second-order valence-corrected chi connectivity index (χ2v) is 7.45. The van der Waals surface area contributed by atoms with Gasteiger partial charge in [-0.05, 0) is 66.8 Å². The molecule has 0 unspecified atom stereocenters. The molecular weight excluding hydrogens is 340 g/mol. The van der Waals surface area contributed by atoms with Crippen molar-refractivity contribution >= 4 is 34.1 Å². The zero-order chi connectivity index (χ0) is 18.4. The van der Waals surface area contributed by atoms with Gasteiger partial charge >= 0.3 is 0 Å². The standard InChI is InChI=1S/C22H26N2OS/c1-3-5-16(4-2)17-6-8-19(9-7-17)24-22(25)21-11-10-20(26-21)18-12-14-23-15-13-18/h5-12,23H,3-4,13-15H2,1-2H3,(H,24,25)/b16-5+. The minimum atomic E-state index is -0.0386. The second-order valence-electron chi connectivity index (χ2n) is 6.37. The Bertz CT molecular complexity index is 815. The second kappa shape index (κ2) is 8.97. The summed E-state index contributed by atoms with van der Waals surface area (Å²) in [5.74, 6) is -0.0386. The molecule has 1 aromatic carbocycles.